The normalized spacial score (nSPS) is 23.7. The quantitative estimate of drug-likeness (QED) is 0.786. The van der Waals surface area contributed by atoms with E-state index in [9.17, 15) is 14.7 Å². The number of nitrogens with zero attached hydrogens (tertiary/aromatic N) is 1. The van der Waals surface area contributed by atoms with Gasteiger partial charge >= 0.3 is 5.97 Å². The Kier molecular flexibility index (Phi) is 5.62. The maximum atomic E-state index is 12.2. The maximum absolute atomic E-state index is 12.2. The number of nitrogens with one attached hydrogen (secondary N) is 1. The number of piperidine rings is 1. The van der Waals surface area contributed by atoms with Gasteiger partial charge in [0.1, 0.15) is 0 Å². The summed E-state index contributed by atoms with van der Waals surface area (Å²) in [6.07, 6.45) is 7.02. The van der Waals surface area contributed by atoms with E-state index in [2.05, 4.69) is 10.2 Å². The minimum absolute atomic E-state index is 0.0860. The largest absolute Gasteiger partial charge is 0.481 e. The second kappa shape index (κ2) is 7.25. The van der Waals surface area contributed by atoms with Crippen molar-refractivity contribution in [1.29, 1.82) is 0 Å². The summed E-state index contributed by atoms with van der Waals surface area (Å²) in [5, 5.41) is 12.4. The third kappa shape index (κ3) is 4.43. The Morgan fingerprint density at radius 2 is 1.76 bits per heavy atom. The van der Waals surface area contributed by atoms with Crippen LogP contribution in [0.2, 0.25) is 0 Å². The lowest BCUT2D eigenvalue weighted by molar-refractivity contribution is -0.151. The summed E-state index contributed by atoms with van der Waals surface area (Å²) >= 11 is 0. The van der Waals surface area contributed by atoms with Gasteiger partial charge < -0.3 is 15.3 Å². The number of carbonyl (C=O) groups is 2. The van der Waals surface area contributed by atoms with Crippen molar-refractivity contribution in [1.82, 2.24) is 10.2 Å². The minimum Gasteiger partial charge on any atom is -0.481 e. The fraction of sp³-hybridized carbons (Fsp3) is 0.875. The maximum Gasteiger partial charge on any atom is 0.310 e. The molecule has 1 saturated heterocycles. The first-order chi connectivity index (χ1) is 10.0. The third-order valence-corrected chi connectivity index (χ3v) is 4.90. The second-order valence-corrected chi connectivity index (χ2v) is 6.80. The predicted octanol–water partition coefficient (Wildman–Crippen LogP) is 2.01. The first-order valence-corrected chi connectivity index (χ1v) is 8.27. The van der Waals surface area contributed by atoms with E-state index in [0.717, 1.165) is 32.5 Å². The fourth-order valence-electron chi connectivity index (χ4n) is 3.73. The van der Waals surface area contributed by atoms with Crippen molar-refractivity contribution in [3.63, 3.8) is 0 Å². The summed E-state index contributed by atoms with van der Waals surface area (Å²) in [5.74, 6) is -0.914. The molecule has 0 radical (unpaired) electrons. The van der Waals surface area contributed by atoms with Gasteiger partial charge in [0.25, 0.3) is 0 Å². The summed E-state index contributed by atoms with van der Waals surface area (Å²) < 4.78 is 0. The molecule has 0 aromatic carbocycles. The van der Waals surface area contributed by atoms with Gasteiger partial charge in [-0.2, -0.15) is 0 Å². The zero-order valence-corrected chi connectivity index (χ0v) is 13.1. The zero-order valence-electron chi connectivity index (χ0n) is 13.1. The molecule has 1 aliphatic carbocycles. The minimum atomic E-state index is -0.811. The van der Waals surface area contributed by atoms with Crippen molar-refractivity contribution in [2.24, 2.45) is 5.41 Å². The molecule has 0 aromatic rings. The van der Waals surface area contributed by atoms with E-state index in [1.807, 2.05) is 6.92 Å². The van der Waals surface area contributed by atoms with Crippen molar-refractivity contribution < 1.29 is 14.7 Å². The lowest BCUT2D eigenvalue weighted by atomic mass is 9.82. The molecule has 1 atom stereocenters. The predicted molar refractivity (Wildman–Crippen MR) is 81.0 cm³/mol. The van der Waals surface area contributed by atoms with E-state index in [1.54, 1.807) is 0 Å². The molecule has 2 N–H and O–H groups in total. The zero-order chi connectivity index (χ0) is 15.3. The Morgan fingerprint density at radius 3 is 2.33 bits per heavy atom. The molecule has 21 heavy (non-hydrogen) atoms. The Balaban J connectivity index is 1.78. The molecule has 5 heteroatoms. The number of hydrogen-bond acceptors (Lipinski definition) is 3. The molecule has 1 heterocycles. The highest BCUT2D eigenvalue weighted by atomic mass is 16.4. The number of rotatable bonds is 6. The van der Waals surface area contributed by atoms with Crippen molar-refractivity contribution in [3.05, 3.63) is 0 Å². The van der Waals surface area contributed by atoms with Crippen LogP contribution in [0.4, 0.5) is 0 Å². The smallest absolute Gasteiger partial charge is 0.310 e. The van der Waals surface area contributed by atoms with Crippen LogP contribution in [-0.4, -0.2) is 47.6 Å². The molecule has 2 fully saturated rings. The van der Waals surface area contributed by atoms with Crippen LogP contribution >= 0.6 is 0 Å². The molecule has 2 rings (SSSR count). The first kappa shape index (κ1) is 16.3. The number of carbonyl (C=O) groups excluding carboxylic acids is 1. The third-order valence-electron chi connectivity index (χ3n) is 4.90. The summed E-state index contributed by atoms with van der Waals surface area (Å²) in [5.41, 5.74) is -0.811. The summed E-state index contributed by atoms with van der Waals surface area (Å²) in [4.78, 5) is 26.0. The first-order valence-electron chi connectivity index (χ1n) is 8.27. The van der Waals surface area contributed by atoms with E-state index < -0.39 is 11.4 Å². The second-order valence-electron chi connectivity index (χ2n) is 6.80. The summed E-state index contributed by atoms with van der Waals surface area (Å²) in [6, 6.07) is 0.0860. The van der Waals surface area contributed by atoms with Gasteiger partial charge in [0.05, 0.1) is 5.41 Å². The van der Waals surface area contributed by atoms with Gasteiger partial charge in [0, 0.05) is 19.0 Å². The van der Waals surface area contributed by atoms with Gasteiger partial charge in [0.15, 0.2) is 0 Å². The van der Waals surface area contributed by atoms with E-state index in [1.165, 1.54) is 19.3 Å². The number of aliphatic carboxylic acids is 1. The standard InChI is InChI=1S/C16H28N2O3/c1-13(12-18-9-5-2-6-10-18)17-14(19)11-16(15(20)21)7-3-4-8-16/h13H,2-12H2,1H3,(H,17,19)(H,20,21). The molecule has 2 aliphatic rings. The van der Waals surface area contributed by atoms with Crippen LogP contribution in [0, 0.1) is 5.41 Å². The number of likely N-dealkylation sites (tertiary alicyclic amines) is 1. The molecule has 1 aliphatic heterocycles. The van der Waals surface area contributed by atoms with E-state index in [-0.39, 0.29) is 18.4 Å². The molecule has 0 aromatic heterocycles. The number of carboxylic acids is 1. The summed E-state index contributed by atoms with van der Waals surface area (Å²) in [7, 11) is 0. The van der Waals surface area contributed by atoms with Gasteiger partial charge in [-0.3, -0.25) is 9.59 Å². The summed E-state index contributed by atoms with van der Waals surface area (Å²) in [6.45, 7) is 5.10. The lowest BCUT2D eigenvalue weighted by Gasteiger charge is -2.30. The molecule has 0 spiro atoms. The number of carboxylic acid groups (broad SMARTS) is 1. The monoisotopic (exact) mass is 296 g/mol. The Labute approximate surface area is 127 Å². The van der Waals surface area contributed by atoms with Crippen LogP contribution in [0.3, 0.4) is 0 Å². The number of hydrogen-bond donors (Lipinski definition) is 2. The Bertz CT molecular complexity index is 372. The van der Waals surface area contributed by atoms with Crippen LogP contribution in [0.25, 0.3) is 0 Å². The lowest BCUT2D eigenvalue weighted by Crippen LogP contribution is -2.45. The Hall–Kier alpha value is -1.10. The van der Waals surface area contributed by atoms with Crippen molar-refractivity contribution in [3.8, 4) is 0 Å². The van der Waals surface area contributed by atoms with E-state index >= 15 is 0 Å². The van der Waals surface area contributed by atoms with Crippen LogP contribution in [-0.2, 0) is 9.59 Å². The van der Waals surface area contributed by atoms with E-state index in [4.69, 9.17) is 0 Å². The van der Waals surface area contributed by atoms with Crippen molar-refractivity contribution in [2.45, 2.75) is 64.3 Å². The topological polar surface area (TPSA) is 69.6 Å². The van der Waals surface area contributed by atoms with Gasteiger partial charge in [-0.25, -0.2) is 0 Å². The molecule has 1 unspecified atom stereocenters. The van der Waals surface area contributed by atoms with Gasteiger partial charge in [-0.05, 0) is 45.7 Å². The van der Waals surface area contributed by atoms with Crippen LogP contribution < -0.4 is 5.32 Å². The van der Waals surface area contributed by atoms with Crippen LogP contribution in [0.5, 0.6) is 0 Å². The van der Waals surface area contributed by atoms with Crippen LogP contribution in [0.1, 0.15) is 58.3 Å². The molecular formula is C16H28N2O3. The molecular weight excluding hydrogens is 268 g/mol. The highest BCUT2D eigenvalue weighted by Crippen LogP contribution is 2.41. The van der Waals surface area contributed by atoms with E-state index in [0.29, 0.717) is 12.8 Å². The van der Waals surface area contributed by atoms with Gasteiger partial charge in [-0.1, -0.05) is 19.3 Å². The average Bonchev–Trinajstić information content (AvgIpc) is 2.89. The highest BCUT2D eigenvalue weighted by Gasteiger charge is 2.43. The molecule has 5 nitrogen and oxygen atoms in total. The molecule has 1 amide bonds. The Morgan fingerprint density at radius 1 is 1.14 bits per heavy atom. The average molecular weight is 296 g/mol. The fourth-order valence-corrected chi connectivity index (χ4v) is 3.73. The SMILES string of the molecule is CC(CN1CCCCC1)NC(=O)CC1(C(=O)O)CCCC1. The highest BCUT2D eigenvalue weighted by molar-refractivity contribution is 5.85. The van der Waals surface area contributed by atoms with Crippen molar-refractivity contribution >= 4 is 11.9 Å². The molecule has 120 valence electrons. The number of amides is 1. The molecule has 0 bridgehead atoms. The van der Waals surface area contributed by atoms with Crippen molar-refractivity contribution in [2.75, 3.05) is 19.6 Å². The van der Waals surface area contributed by atoms with Gasteiger partial charge in [-0.15, -0.1) is 0 Å². The molecule has 1 saturated carbocycles. The van der Waals surface area contributed by atoms with Crippen LogP contribution in [0.15, 0.2) is 0 Å². The van der Waals surface area contributed by atoms with Gasteiger partial charge in [0.2, 0.25) is 5.91 Å².